The van der Waals surface area contributed by atoms with Gasteiger partial charge in [0.15, 0.2) is 11.6 Å². The van der Waals surface area contributed by atoms with Gasteiger partial charge in [-0.1, -0.05) is 51.0 Å². The van der Waals surface area contributed by atoms with E-state index in [0.717, 1.165) is 25.7 Å². The second-order valence-corrected chi connectivity index (χ2v) is 9.96. The van der Waals surface area contributed by atoms with Crippen molar-refractivity contribution >= 4 is 11.6 Å². The molecule has 0 unspecified atom stereocenters. The summed E-state index contributed by atoms with van der Waals surface area (Å²) in [5.41, 5.74) is 5.63. The maximum absolute atomic E-state index is 12.3. The Morgan fingerprint density at radius 3 is 1.43 bits per heavy atom. The highest BCUT2D eigenvalue weighted by Gasteiger charge is 2.27. The van der Waals surface area contributed by atoms with Gasteiger partial charge in [-0.25, -0.2) is 0 Å². The normalized spacial score (nSPS) is 22.4. The molecule has 0 saturated heterocycles. The first kappa shape index (κ1) is 22.6. The number of carbonyl (C=O) groups is 2. The summed E-state index contributed by atoms with van der Waals surface area (Å²) < 4.78 is 0. The molecule has 0 aliphatic heterocycles. The second kappa shape index (κ2) is 9.20. The van der Waals surface area contributed by atoms with Gasteiger partial charge in [-0.3, -0.25) is 9.59 Å². The van der Waals surface area contributed by atoms with Crippen LogP contribution in [-0.2, 0) is 9.59 Å². The maximum atomic E-state index is 12.3. The van der Waals surface area contributed by atoms with Crippen LogP contribution in [0.2, 0.25) is 0 Å². The Morgan fingerprint density at radius 1 is 0.750 bits per heavy atom. The average Bonchev–Trinajstić information content (AvgIpc) is 2.58. The lowest BCUT2D eigenvalue weighted by Crippen LogP contribution is -2.19. The van der Waals surface area contributed by atoms with Crippen molar-refractivity contribution in [2.24, 2.45) is 10.8 Å². The van der Waals surface area contributed by atoms with Crippen molar-refractivity contribution in [2.45, 2.75) is 92.9 Å². The van der Waals surface area contributed by atoms with Crippen molar-refractivity contribution in [1.29, 1.82) is 0 Å². The Morgan fingerprint density at radius 2 is 1.11 bits per heavy atom. The lowest BCUT2D eigenvalue weighted by atomic mass is 9.72. The first-order valence-electron chi connectivity index (χ1n) is 10.9. The monoisotopic (exact) mass is 382 g/mol. The third-order valence-electron chi connectivity index (χ3n) is 6.57. The molecule has 2 rings (SSSR count). The smallest absolute Gasteiger partial charge is 0.156 e. The first-order chi connectivity index (χ1) is 13.0. The van der Waals surface area contributed by atoms with Crippen LogP contribution in [0.3, 0.4) is 0 Å². The predicted molar refractivity (Wildman–Crippen MR) is 118 cm³/mol. The van der Waals surface area contributed by atoms with Gasteiger partial charge in [-0.2, -0.15) is 0 Å². The summed E-state index contributed by atoms with van der Waals surface area (Å²) in [4.78, 5) is 24.5. The van der Waals surface area contributed by atoms with Crippen molar-refractivity contribution in [3.05, 3.63) is 46.6 Å². The van der Waals surface area contributed by atoms with Crippen molar-refractivity contribution in [3.8, 4) is 0 Å². The zero-order valence-electron chi connectivity index (χ0n) is 18.8. The fourth-order valence-corrected chi connectivity index (χ4v) is 4.79. The van der Waals surface area contributed by atoms with E-state index in [4.69, 9.17) is 0 Å². The van der Waals surface area contributed by atoms with E-state index in [1.165, 1.54) is 35.1 Å². The van der Waals surface area contributed by atoms with Crippen molar-refractivity contribution in [3.63, 3.8) is 0 Å². The Hall–Kier alpha value is -1.70. The molecule has 2 heteroatoms. The number of hydrogen-bond acceptors (Lipinski definition) is 2. The van der Waals surface area contributed by atoms with Gasteiger partial charge < -0.3 is 0 Å². The standard InChI is InChI=1S/C26H38O2/c1-19-9-7-17-25(3,4)23(19)15-13-21(27)11-12-22(28)14-16-24-20(2)10-8-18-26(24,5)6/h13-16H,7-12,17-18H2,1-6H3/b15-13+,16-14+. The van der Waals surface area contributed by atoms with E-state index in [-0.39, 0.29) is 35.2 Å². The second-order valence-electron chi connectivity index (χ2n) is 9.96. The number of allylic oxidation sites excluding steroid dienone is 8. The molecule has 0 radical (unpaired) electrons. The van der Waals surface area contributed by atoms with Crippen LogP contribution < -0.4 is 0 Å². The third kappa shape index (κ3) is 5.90. The highest BCUT2D eigenvalue weighted by molar-refractivity contribution is 5.96. The molecule has 0 N–H and O–H groups in total. The molecule has 28 heavy (non-hydrogen) atoms. The summed E-state index contributed by atoms with van der Waals surface area (Å²) in [6, 6.07) is 0. The molecule has 0 aromatic heterocycles. The zero-order valence-corrected chi connectivity index (χ0v) is 18.8. The van der Waals surface area contributed by atoms with Crippen molar-refractivity contribution in [1.82, 2.24) is 0 Å². The summed E-state index contributed by atoms with van der Waals surface area (Å²) in [5.74, 6) is 0.0774. The Labute approximate surface area is 171 Å². The summed E-state index contributed by atoms with van der Waals surface area (Å²) in [7, 11) is 0. The molecule has 0 aromatic carbocycles. The van der Waals surface area contributed by atoms with Gasteiger partial charge in [0.1, 0.15) is 0 Å². The number of carbonyl (C=O) groups excluding carboxylic acids is 2. The van der Waals surface area contributed by atoms with E-state index in [1.807, 2.05) is 12.2 Å². The Bertz CT molecular complexity index is 674. The molecule has 0 fully saturated rings. The molecule has 0 heterocycles. The minimum atomic E-state index is 0.0387. The predicted octanol–water partition coefficient (Wildman–Crippen LogP) is 7.07. The number of hydrogen-bond donors (Lipinski definition) is 0. The zero-order chi connectivity index (χ0) is 20.9. The van der Waals surface area contributed by atoms with Crippen LogP contribution in [0.15, 0.2) is 46.6 Å². The molecule has 2 aliphatic rings. The van der Waals surface area contributed by atoms with Crippen LogP contribution in [0.1, 0.15) is 92.9 Å². The van der Waals surface area contributed by atoms with Gasteiger partial charge >= 0.3 is 0 Å². The lowest BCUT2D eigenvalue weighted by Gasteiger charge is -2.32. The van der Waals surface area contributed by atoms with Gasteiger partial charge in [0.2, 0.25) is 0 Å². The van der Waals surface area contributed by atoms with Crippen LogP contribution in [0.4, 0.5) is 0 Å². The van der Waals surface area contributed by atoms with Gasteiger partial charge in [0.25, 0.3) is 0 Å². The maximum Gasteiger partial charge on any atom is 0.156 e. The van der Waals surface area contributed by atoms with E-state index in [0.29, 0.717) is 0 Å². The molecular weight excluding hydrogens is 344 g/mol. The molecule has 0 amide bonds. The fraction of sp³-hybridized carbons (Fsp3) is 0.615. The third-order valence-corrected chi connectivity index (χ3v) is 6.57. The number of rotatable bonds is 7. The minimum absolute atomic E-state index is 0.0387. The highest BCUT2D eigenvalue weighted by atomic mass is 16.1. The molecule has 0 bridgehead atoms. The molecule has 2 nitrogen and oxygen atoms in total. The van der Waals surface area contributed by atoms with Gasteiger partial charge in [0.05, 0.1) is 0 Å². The minimum Gasteiger partial charge on any atom is -0.295 e. The molecule has 0 saturated carbocycles. The highest BCUT2D eigenvalue weighted by Crippen LogP contribution is 2.41. The van der Waals surface area contributed by atoms with Crippen LogP contribution in [-0.4, -0.2) is 11.6 Å². The van der Waals surface area contributed by atoms with Crippen molar-refractivity contribution in [2.75, 3.05) is 0 Å². The average molecular weight is 383 g/mol. The fourth-order valence-electron chi connectivity index (χ4n) is 4.79. The van der Waals surface area contributed by atoms with Crippen LogP contribution in [0.25, 0.3) is 0 Å². The lowest BCUT2D eigenvalue weighted by molar-refractivity contribution is -0.119. The summed E-state index contributed by atoms with van der Waals surface area (Å²) >= 11 is 0. The molecule has 0 aromatic rings. The molecule has 0 atom stereocenters. The van der Waals surface area contributed by atoms with Gasteiger partial charge in [-0.05, 0) is 86.5 Å². The van der Waals surface area contributed by atoms with E-state index >= 15 is 0 Å². The van der Waals surface area contributed by atoms with E-state index < -0.39 is 0 Å². The topological polar surface area (TPSA) is 34.1 Å². The van der Waals surface area contributed by atoms with E-state index in [9.17, 15) is 9.59 Å². The van der Waals surface area contributed by atoms with E-state index in [1.54, 1.807) is 12.2 Å². The van der Waals surface area contributed by atoms with Crippen LogP contribution in [0.5, 0.6) is 0 Å². The molecule has 2 aliphatic carbocycles. The summed E-state index contributed by atoms with van der Waals surface area (Å²) in [6.07, 6.45) is 14.9. The largest absolute Gasteiger partial charge is 0.295 e. The Kier molecular flexibility index (Phi) is 7.42. The first-order valence-corrected chi connectivity index (χ1v) is 10.9. The summed E-state index contributed by atoms with van der Waals surface area (Å²) in [5, 5.41) is 0. The quantitative estimate of drug-likeness (QED) is 0.441. The summed E-state index contributed by atoms with van der Waals surface area (Å²) in [6.45, 7) is 13.3. The Balaban J connectivity index is 1.91. The van der Waals surface area contributed by atoms with Crippen molar-refractivity contribution < 1.29 is 9.59 Å². The molecular formula is C26H38O2. The van der Waals surface area contributed by atoms with E-state index in [2.05, 4.69) is 41.5 Å². The van der Waals surface area contributed by atoms with Crippen LogP contribution >= 0.6 is 0 Å². The molecule has 154 valence electrons. The number of ketones is 2. The SMILES string of the molecule is CC1=C(/C=C/C(=O)CCC(=O)/C=C/C2=C(C)CCCC2(C)C)C(C)(C)CCC1. The molecule has 0 spiro atoms. The van der Waals surface area contributed by atoms with Gasteiger partial charge in [0, 0.05) is 12.8 Å². The van der Waals surface area contributed by atoms with Crippen LogP contribution in [0, 0.1) is 10.8 Å². The van der Waals surface area contributed by atoms with Gasteiger partial charge in [-0.15, -0.1) is 0 Å².